The average Bonchev–Trinajstić information content (AvgIpc) is 2.87. The van der Waals surface area contributed by atoms with Crippen LogP contribution in [0.2, 0.25) is 0 Å². The Morgan fingerprint density at radius 2 is 1.68 bits per heavy atom. The van der Waals surface area contributed by atoms with E-state index in [-0.39, 0.29) is 24.8 Å². The van der Waals surface area contributed by atoms with Crippen molar-refractivity contribution in [1.29, 1.82) is 0 Å². The SMILES string of the molecule is COc1ccc(NC(=O)CNC(=O)Cc2cccc3ccccc23)cc1OCc1ccncc1. The van der Waals surface area contributed by atoms with E-state index in [0.29, 0.717) is 23.8 Å². The van der Waals surface area contributed by atoms with Crippen LogP contribution in [0.25, 0.3) is 10.8 Å². The molecule has 0 saturated heterocycles. The molecule has 1 aromatic heterocycles. The molecule has 0 saturated carbocycles. The van der Waals surface area contributed by atoms with Crippen LogP contribution >= 0.6 is 0 Å². The molecule has 7 heteroatoms. The molecular formula is C27H25N3O4. The standard InChI is InChI=1S/C27H25N3O4/c1-33-24-10-9-22(16-25(24)34-18-19-11-13-28-14-12-19)30-27(32)17-29-26(31)15-21-7-4-6-20-5-2-3-8-23(20)21/h2-14,16H,15,17-18H2,1H3,(H,29,31)(H,30,32). The maximum absolute atomic E-state index is 12.4. The Bertz CT molecular complexity index is 1290. The maximum Gasteiger partial charge on any atom is 0.243 e. The van der Waals surface area contributed by atoms with Crippen LogP contribution in [0, 0.1) is 0 Å². The summed E-state index contributed by atoms with van der Waals surface area (Å²) in [6.45, 7) is 0.198. The number of benzene rings is 3. The van der Waals surface area contributed by atoms with Crippen LogP contribution in [0.1, 0.15) is 11.1 Å². The van der Waals surface area contributed by atoms with E-state index in [2.05, 4.69) is 15.6 Å². The molecule has 0 bridgehead atoms. The van der Waals surface area contributed by atoms with Gasteiger partial charge in [0.25, 0.3) is 0 Å². The number of amides is 2. The van der Waals surface area contributed by atoms with Crippen molar-refractivity contribution in [3.8, 4) is 11.5 Å². The fourth-order valence-corrected chi connectivity index (χ4v) is 3.57. The zero-order valence-corrected chi connectivity index (χ0v) is 18.8. The Kier molecular flexibility index (Phi) is 7.35. The highest BCUT2D eigenvalue weighted by atomic mass is 16.5. The smallest absolute Gasteiger partial charge is 0.243 e. The van der Waals surface area contributed by atoms with Crippen LogP contribution < -0.4 is 20.1 Å². The predicted octanol–water partition coefficient (Wildman–Crippen LogP) is 4.12. The first-order valence-corrected chi connectivity index (χ1v) is 10.9. The molecule has 1 heterocycles. The molecule has 0 fully saturated rings. The van der Waals surface area contributed by atoms with Crippen LogP contribution in [0.5, 0.6) is 11.5 Å². The lowest BCUT2D eigenvalue weighted by atomic mass is 10.0. The van der Waals surface area contributed by atoms with E-state index in [4.69, 9.17) is 9.47 Å². The number of hydrogen-bond donors (Lipinski definition) is 2. The molecule has 2 N–H and O–H groups in total. The number of aromatic nitrogens is 1. The normalized spacial score (nSPS) is 10.5. The van der Waals surface area contributed by atoms with Gasteiger partial charge in [-0.25, -0.2) is 0 Å². The van der Waals surface area contributed by atoms with Gasteiger partial charge in [0.1, 0.15) is 6.61 Å². The topological polar surface area (TPSA) is 89.6 Å². The second-order valence-electron chi connectivity index (χ2n) is 7.65. The third-order valence-electron chi connectivity index (χ3n) is 5.27. The first-order chi connectivity index (χ1) is 16.6. The second kappa shape index (κ2) is 11.0. The highest BCUT2D eigenvalue weighted by molar-refractivity contribution is 5.96. The lowest BCUT2D eigenvalue weighted by Crippen LogP contribution is -2.33. The van der Waals surface area contributed by atoms with Gasteiger partial charge in [0.15, 0.2) is 11.5 Å². The van der Waals surface area contributed by atoms with Crippen molar-refractivity contribution in [2.24, 2.45) is 0 Å². The van der Waals surface area contributed by atoms with E-state index < -0.39 is 0 Å². The summed E-state index contributed by atoms with van der Waals surface area (Å²) >= 11 is 0. The number of nitrogens with one attached hydrogen (secondary N) is 2. The van der Waals surface area contributed by atoms with Crippen molar-refractivity contribution in [3.63, 3.8) is 0 Å². The van der Waals surface area contributed by atoms with Gasteiger partial charge in [-0.2, -0.15) is 0 Å². The van der Waals surface area contributed by atoms with Crippen LogP contribution in [0.4, 0.5) is 5.69 Å². The molecule has 3 aromatic carbocycles. The highest BCUT2D eigenvalue weighted by Crippen LogP contribution is 2.31. The second-order valence-corrected chi connectivity index (χ2v) is 7.65. The quantitative estimate of drug-likeness (QED) is 0.396. The fourth-order valence-electron chi connectivity index (χ4n) is 3.57. The van der Waals surface area contributed by atoms with Crippen molar-refractivity contribution in [2.45, 2.75) is 13.0 Å². The molecule has 0 aliphatic heterocycles. The van der Waals surface area contributed by atoms with Gasteiger partial charge < -0.3 is 20.1 Å². The molecule has 0 aliphatic rings. The van der Waals surface area contributed by atoms with Crippen molar-refractivity contribution < 1.29 is 19.1 Å². The van der Waals surface area contributed by atoms with Gasteiger partial charge in [0.2, 0.25) is 11.8 Å². The Morgan fingerprint density at radius 1 is 0.882 bits per heavy atom. The summed E-state index contributed by atoms with van der Waals surface area (Å²) in [5.41, 5.74) is 2.42. The van der Waals surface area contributed by atoms with E-state index >= 15 is 0 Å². The van der Waals surface area contributed by atoms with Gasteiger partial charge in [0.05, 0.1) is 20.1 Å². The minimum Gasteiger partial charge on any atom is -0.493 e. The van der Waals surface area contributed by atoms with Crippen molar-refractivity contribution in [2.75, 3.05) is 19.0 Å². The fraction of sp³-hybridized carbons (Fsp3) is 0.148. The molecule has 0 radical (unpaired) electrons. The minimum absolute atomic E-state index is 0.136. The molecule has 4 aromatic rings. The monoisotopic (exact) mass is 455 g/mol. The summed E-state index contributed by atoms with van der Waals surface area (Å²) in [5, 5.41) is 7.57. The van der Waals surface area contributed by atoms with Gasteiger partial charge in [-0.1, -0.05) is 42.5 Å². The van der Waals surface area contributed by atoms with Gasteiger partial charge in [0, 0.05) is 24.1 Å². The van der Waals surface area contributed by atoms with Crippen molar-refractivity contribution in [1.82, 2.24) is 10.3 Å². The summed E-state index contributed by atoms with van der Waals surface area (Å²) in [6, 6.07) is 22.6. The van der Waals surface area contributed by atoms with Gasteiger partial charge in [-0.05, 0) is 46.2 Å². The Morgan fingerprint density at radius 3 is 2.50 bits per heavy atom. The van der Waals surface area contributed by atoms with Crippen LogP contribution in [-0.4, -0.2) is 30.5 Å². The largest absolute Gasteiger partial charge is 0.493 e. The number of carbonyl (C=O) groups is 2. The van der Waals surface area contributed by atoms with E-state index in [1.807, 2.05) is 54.6 Å². The molecule has 0 spiro atoms. The van der Waals surface area contributed by atoms with Crippen LogP contribution in [0.15, 0.2) is 85.2 Å². The maximum atomic E-state index is 12.4. The molecule has 34 heavy (non-hydrogen) atoms. The third kappa shape index (κ3) is 5.89. The number of fused-ring (bicyclic) bond motifs is 1. The van der Waals surface area contributed by atoms with Gasteiger partial charge >= 0.3 is 0 Å². The number of nitrogens with zero attached hydrogens (tertiary/aromatic N) is 1. The Balaban J connectivity index is 1.32. The van der Waals surface area contributed by atoms with Gasteiger partial charge in [-0.3, -0.25) is 14.6 Å². The van der Waals surface area contributed by atoms with Crippen molar-refractivity contribution in [3.05, 3.63) is 96.3 Å². The summed E-state index contributed by atoms with van der Waals surface area (Å²) < 4.78 is 11.2. The highest BCUT2D eigenvalue weighted by Gasteiger charge is 2.11. The summed E-state index contributed by atoms with van der Waals surface area (Å²) in [6.07, 6.45) is 3.59. The number of methoxy groups -OCH3 is 1. The Hall–Kier alpha value is -4.39. The van der Waals surface area contributed by atoms with E-state index in [1.165, 1.54) is 0 Å². The molecule has 7 nitrogen and oxygen atoms in total. The first-order valence-electron chi connectivity index (χ1n) is 10.9. The van der Waals surface area contributed by atoms with E-state index in [0.717, 1.165) is 21.9 Å². The molecule has 0 unspecified atom stereocenters. The number of rotatable bonds is 9. The number of carbonyl (C=O) groups excluding carboxylic acids is 2. The first kappa shape index (κ1) is 22.8. The number of ether oxygens (including phenoxy) is 2. The number of hydrogen-bond acceptors (Lipinski definition) is 5. The van der Waals surface area contributed by atoms with E-state index in [9.17, 15) is 9.59 Å². The van der Waals surface area contributed by atoms with Gasteiger partial charge in [-0.15, -0.1) is 0 Å². The summed E-state index contributed by atoms with van der Waals surface area (Å²) in [7, 11) is 1.55. The Labute approximate surface area is 197 Å². The molecule has 0 atom stereocenters. The lowest BCUT2D eigenvalue weighted by molar-refractivity contribution is -0.123. The lowest BCUT2D eigenvalue weighted by Gasteiger charge is -2.13. The van der Waals surface area contributed by atoms with E-state index in [1.54, 1.807) is 37.7 Å². The summed E-state index contributed by atoms with van der Waals surface area (Å²) in [5.74, 6) is 0.492. The predicted molar refractivity (Wildman–Crippen MR) is 131 cm³/mol. The minimum atomic E-state index is -0.337. The number of anilines is 1. The third-order valence-corrected chi connectivity index (χ3v) is 5.27. The number of pyridine rings is 1. The molecule has 2 amide bonds. The summed E-state index contributed by atoms with van der Waals surface area (Å²) in [4.78, 5) is 28.9. The molecule has 4 rings (SSSR count). The molecule has 0 aliphatic carbocycles. The van der Waals surface area contributed by atoms with Crippen LogP contribution in [-0.2, 0) is 22.6 Å². The van der Waals surface area contributed by atoms with Crippen LogP contribution in [0.3, 0.4) is 0 Å². The molecular weight excluding hydrogens is 430 g/mol. The zero-order chi connectivity index (χ0) is 23.8. The van der Waals surface area contributed by atoms with Crippen molar-refractivity contribution >= 4 is 28.3 Å². The zero-order valence-electron chi connectivity index (χ0n) is 18.8. The average molecular weight is 456 g/mol. The molecule has 172 valence electrons.